The molecule has 1 heterocycles. The minimum atomic E-state index is 0.107. The van der Waals surface area contributed by atoms with Gasteiger partial charge in [-0.1, -0.05) is 19.3 Å². The highest BCUT2D eigenvalue weighted by Crippen LogP contribution is 2.37. The zero-order valence-corrected chi connectivity index (χ0v) is 13.1. The average Bonchev–Trinajstić information content (AvgIpc) is 3.21. The molecule has 2 aliphatic carbocycles. The van der Waals surface area contributed by atoms with E-state index in [1.165, 1.54) is 44.9 Å². The number of nitrogens with zero attached hydrogens (tertiary/aromatic N) is 1. The smallest absolute Gasteiger partial charge is 0.237 e. The molecule has 2 N–H and O–H groups in total. The molecule has 3 fully saturated rings. The lowest BCUT2D eigenvalue weighted by Crippen LogP contribution is -2.52. The molecule has 0 bridgehead atoms. The van der Waals surface area contributed by atoms with E-state index in [0.29, 0.717) is 5.92 Å². The summed E-state index contributed by atoms with van der Waals surface area (Å²) in [6, 6.07) is 0.295. The van der Waals surface area contributed by atoms with E-state index in [-0.39, 0.29) is 30.5 Å². The first-order chi connectivity index (χ1) is 10.3. The van der Waals surface area contributed by atoms with Crippen molar-refractivity contribution in [1.82, 2.24) is 10.2 Å². The third-order valence-electron chi connectivity index (χ3n) is 5.59. The predicted molar refractivity (Wildman–Crippen MR) is 82.9 cm³/mol. The van der Waals surface area contributed by atoms with E-state index in [1.54, 1.807) is 0 Å². The number of amides is 1. The first kappa shape index (κ1) is 15.3. The third-order valence-corrected chi connectivity index (χ3v) is 5.59. The van der Waals surface area contributed by atoms with Crippen LogP contribution in [0.4, 0.5) is 0 Å². The molecule has 1 amide bonds. The van der Waals surface area contributed by atoms with Crippen LogP contribution >= 0.6 is 0 Å². The van der Waals surface area contributed by atoms with E-state index in [2.05, 4.69) is 10.2 Å². The number of carbonyl (C=O) groups excluding carboxylic acids is 1. The maximum atomic E-state index is 12.8. The highest BCUT2D eigenvalue weighted by atomic mass is 16.3. The molecule has 0 unspecified atom stereocenters. The van der Waals surface area contributed by atoms with Gasteiger partial charge in [-0.3, -0.25) is 9.69 Å². The maximum absolute atomic E-state index is 12.8. The molecule has 3 aliphatic rings. The Morgan fingerprint density at radius 2 is 1.76 bits per heavy atom. The van der Waals surface area contributed by atoms with Crippen molar-refractivity contribution in [3.8, 4) is 0 Å². The molecule has 1 aliphatic heterocycles. The van der Waals surface area contributed by atoms with Crippen molar-refractivity contribution in [2.24, 2.45) is 11.8 Å². The fourth-order valence-corrected chi connectivity index (χ4v) is 4.17. The van der Waals surface area contributed by atoms with Gasteiger partial charge in [0.05, 0.1) is 6.04 Å². The molecule has 0 aromatic rings. The van der Waals surface area contributed by atoms with Crippen molar-refractivity contribution < 1.29 is 9.90 Å². The molecule has 0 aromatic carbocycles. The van der Waals surface area contributed by atoms with Gasteiger partial charge in [-0.2, -0.15) is 0 Å². The molecule has 4 nitrogen and oxygen atoms in total. The fraction of sp³-hybridized carbons (Fsp3) is 0.941. The van der Waals surface area contributed by atoms with Crippen molar-refractivity contribution in [3.63, 3.8) is 0 Å². The second-order valence-corrected chi connectivity index (χ2v) is 7.22. The van der Waals surface area contributed by atoms with Crippen molar-refractivity contribution in [3.05, 3.63) is 0 Å². The van der Waals surface area contributed by atoms with Gasteiger partial charge in [0.25, 0.3) is 0 Å². The molecule has 0 radical (unpaired) electrons. The molecular weight excluding hydrogens is 264 g/mol. The third kappa shape index (κ3) is 3.78. The molecule has 0 spiro atoms. The van der Waals surface area contributed by atoms with E-state index in [1.807, 2.05) is 0 Å². The molecule has 21 heavy (non-hydrogen) atoms. The number of nitrogens with one attached hydrogen (secondary N) is 1. The second kappa shape index (κ2) is 7.10. The maximum Gasteiger partial charge on any atom is 0.237 e. The van der Waals surface area contributed by atoms with Gasteiger partial charge in [-0.25, -0.2) is 0 Å². The number of carbonyl (C=O) groups is 1. The highest BCUT2D eigenvalue weighted by molar-refractivity contribution is 5.82. The van der Waals surface area contributed by atoms with Crippen molar-refractivity contribution >= 4 is 5.91 Å². The van der Waals surface area contributed by atoms with Crippen LogP contribution in [0.25, 0.3) is 0 Å². The Morgan fingerprint density at radius 1 is 1.05 bits per heavy atom. The SMILES string of the molecule is O=C(N[C@@H]1CCCCC[C@H]1CO)[C@@H](C1CC1)N1CCCC1. The quantitative estimate of drug-likeness (QED) is 0.762. The Bertz CT molecular complexity index is 351. The first-order valence-electron chi connectivity index (χ1n) is 8.95. The van der Waals surface area contributed by atoms with Crippen molar-refractivity contribution in [1.29, 1.82) is 0 Å². The Kier molecular flexibility index (Phi) is 5.17. The number of aliphatic hydroxyl groups is 1. The molecule has 4 heteroatoms. The zero-order valence-electron chi connectivity index (χ0n) is 13.1. The van der Waals surface area contributed by atoms with Gasteiger partial charge >= 0.3 is 0 Å². The van der Waals surface area contributed by atoms with Crippen LogP contribution in [0.1, 0.15) is 57.8 Å². The monoisotopic (exact) mass is 294 g/mol. The predicted octanol–water partition coefficient (Wildman–Crippen LogP) is 1.92. The van der Waals surface area contributed by atoms with Gasteiger partial charge in [0.15, 0.2) is 0 Å². The van der Waals surface area contributed by atoms with Gasteiger partial charge in [0.2, 0.25) is 5.91 Å². The van der Waals surface area contributed by atoms with Gasteiger partial charge < -0.3 is 10.4 Å². The number of hydrogen-bond donors (Lipinski definition) is 2. The summed E-state index contributed by atoms with van der Waals surface area (Å²) >= 11 is 0. The lowest BCUT2D eigenvalue weighted by atomic mass is 9.95. The van der Waals surface area contributed by atoms with Crippen LogP contribution in [0, 0.1) is 11.8 Å². The fourth-order valence-electron chi connectivity index (χ4n) is 4.17. The summed E-state index contributed by atoms with van der Waals surface area (Å²) in [6.45, 7) is 2.38. The Balaban J connectivity index is 1.62. The van der Waals surface area contributed by atoms with E-state index in [9.17, 15) is 9.90 Å². The van der Waals surface area contributed by atoms with E-state index in [0.717, 1.165) is 25.9 Å². The second-order valence-electron chi connectivity index (χ2n) is 7.22. The van der Waals surface area contributed by atoms with Crippen LogP contribution in [0.5, 0.6) is 0 Å². The average molecular weight is 294 g/mol. The van der Waals surface area contributed by atoms with Gasteiger partial charge in [-0.05, 0) is 57.5 Å². The summed E-state index contributed by atoms with van der Waals surface area (Å²) < 4.78 is 0. The normalized spacial score (nSPS) is 32.6. The number of rotatable bonds is 5. The minimum absolute atomic E-state index is 0.107. The van der Waals surface area contributed by atoms with Crippen LogP contribution < -0.4 is 5.32 Å². The first-order valence-corrected chi connectivity index (χ1v) is 8.95. The van der Waals surface area contributed by atoms with Gasteiger partial charge in [-0.15, -0.1) is 0 Å². The molecule has 2 saturated carbocycles. The Labute approximate surface area is 128 Å². The number of hydrogen-bond acceptors (Lipinski definition) is 3. The van der Waals surface area contributed by atoms with E-state index < -0.39 is 0 Å². The summed E-state index contributed by atoms with van der Waals surface area (Å²) in [4.78, 5) is 15.2. The van der Waals surface area contributed by atoms with Crippen LogP contribution in [-0.2, 0) is 4.79 Å². The van der Waals surface area contributed by atoms with Gasteiger partial charge in [0, 0.05) is 18.6 Å². The summed E-state index contributed by atoms with van der Waals surface area (Å²) in [5, 5.41) is 12.9. The van der Waals surface area contributed by atoms with Crippen LogP contribution in [0.15, 0.2) is 0 Å². The van der Waals surface area contributed by atoms with Crippen molar-refractivity contribution in [2.45, 2.75) is 69.9 Å². The van der Waals surface area contributed by atoms with E-state index >= 15 is 0 Å². The van der Waals surface area contributed by atoms with E-state index in [4.69, 9.17) is 0 Å². The van der Waals surface area contributed by atoms with Crippen LogP contribution in [0.3, 0.4) is 0 Å². The number of aliphatic hydroxyl groups excluding tert-OH is 1. The summed E-state index contributed by atoms with van der Waals surface area (Å²) in [7, 11) is 0. The molecular formula is C17H30N2O2. The van der Waals surface area contributed by atoms with Crippen LogP contribution in [0.2, 0.25) is 0 Å². The van der Waals surface area contributed by atoms with Gasteiger partial charge in [0.1, 0.15) is 0 Å². The zero-order chi connectivity index (χ0) is 14.7. The van der Waals surface area contributed by atoms with Crippen LogP contribution in [-0.4, -0.2) is 47.7 Å². The standard InChI is InChI=1S/C17H30N2O2/c20-12-14-6-2-1-3-7-15(14)18-17(21)16(13-8-9-13)19-10-4-5-11-19/h13-16,20H,1-12H2,(H,18,21)/t14-,15+,16+/m0/s1. The molecule has 3 atom stereocenters. The molecule has 0 aromatic heterocycles. The topological polar surface area (TPSA) is 52.6 Å². The molecule has 120 valence electrons. The largest absolute Gasteiger partial charge is 0.396 e. The Morgan fingerprint density at radius 3 is 2.43 bits per heavy atom. The summed E-state index contributed by atoms with van der Waals surface area (Å²) in [5.41, 5.74) is 0. The lowest BCUT2D eigenvalue weighted by molar-refractivity contribution is -0.128. The minimum Gasteiger partial charge on any atom is -0.396 e. The Hall–Kier alpha value is -0.610. The van der Waals surface area contributed by atoms with Crippen molar-refractivity contribution in [2.75, 3.05) is 19.7 Å². The number of likely N-dealkylation sites (tertiary alicyclic amines) is 1. The summed E-state index contributed by atoms with van der Waals surface area (Å²) in [5.74, 6) is 1.08. The molecule has 1 saturated heterocycles. The summed E-state index contributed by atoms with van der Waals surface area (Å²) in [6.07, 6.45) is 10.6. The molecule has 3 rings (SSSR count). The lowest BCUT2D eigenvalue weighted by Gasteiger charge is -2.31. The highest BCUT2D eigenvalue weighted by Gasteiger charge is 2.41.